The van der Waals surface area contributed by atoms with E-state index in [1.165, 1.54) is 49.2 Å². The standard InChI is InChI=1S/2C44H26/c2*1-2-6-27(7-3-1)34-24-35(37-20-16-32-14-12-28-8-4-10-30-18-22-39(37)43(32)41(28)30)26-36(25-34)38-21-17-33-15-13-29-9-5-11-31-19-23-40(38)44(33)42(29)31/h2*1-26H/i4D,5D,8D,9D,10D,11D,12D,13D,14D,15D,16D,17D,18D,19D,20D,21D,22D,23D;1D,2D,3D,6D,7D. The predicted octanol–water partition coefficient (Wildman–Crippen LogP) is 25.0. The molecule has 0 aromatic heterocycles. The second-order valence-corrected chi connectivity index (χ2v) is 22.4. The van der Waals surface area contributed by atoms with Crippen molar-refractivity contribution in [1.29, 1.82) is 0 Å². The first-order valence-electron chi connectivity index (χ1n) is 40.3. The van der Waals surface area contributed by atoms with Crippen molar-refractivity contribution in [1.82, 2.24) is 0 Å². The van der Waals surface area contributed by atoms with Crippen molar-refractivity contribution >= 4 is 129 Å². The van der Waals surface area contributed by atoms with E-state index in [0.717, 1.165) is 43.8 Å². The van der Waals surface area contributed by atoms with Gasteiger partial charge in [-0.1, -0.05) is 279 Å². The summed E-state index contributed by atoms with van der Waals surface area (Å²) in [4.78, 5) is 0. The van der Waals surface area contributed by atoms with Gasteiger partial charge in [-0.25, -0.2) is 0 Å². The van der Waals surface area contributed by atoms with Gasteiger partial charge >= 0.3 is 0 Å². The van der Waals surface area contributed by atoms with Crippen LogP contribution in [0.4, 0.5) is 0 Å². The average Bonchev–Trinajstić information content (AvgIpc) is 0.688. The third-order valence-corrected chi connectivity index (χ3v) is 17.6. The summed E-state index contributed by atoms with van der Waals surface area (Å²) in [6.45, 7) is 0. The maximum Gasteiger partial charge on any atom is 0.0630 e. The molecule has 0 aliphatic rings. The summed E-state index contributed by atoms with van der Waals surface area (Å²) < 4.78 is 205. The molecule has 404 valence electrons. The monoisotopic (exact) mass is 1130 g/mol. The molecule has 0 saturated heterocycles. The van der Waals surface area contributed by atoms with Crippen LogP contribution >= 0.6 is 0 Å². The molecule has 20 aromatic rings. The zero-order chi connectivity index (χ0) is 77.6. The van der Waals surface area contributed by atoms with E-state index in [9.17, 15) is 8.22 Å². The largest absolute Gasteiger partial charge is 0.0630 e. The van der Waals surface area contributed by atoms with E-state index in [1.807, 2.05) is 12.1 Å². The Morgan fingerprint density at radius 2 is 0.489 bits per heavy atom. The lowest BCUT2D eigenvalue weighted by atomic mass is 9.86. The molecular weight excluding hydrogens is 1060 g/mol. The molecule has 20 aromatic carbocycles. The summed E-state index contributed by atoms with van der Waals surface area (Å²) in [6.07, 6.45) is 0. The quantitative estimate of drug-likeness (QED) is 0.146. The van der Waals surface area contributed by atoms with Gasteiger partial charge in [0.25, 0.3) is 0 Å². The lowest BCUT2D eigenvalue weighted by Gasteiger charge is -2.18. The third kappa shape index (κ3) is 7.46. The minimum absolute atomic E-state index is 0.00774. The van der Waals surface area contributed by atoms with Crippen LogP contribution in [0.5, 0.6) is 0 Å². The number of rotatable bonds is 6. The maximum atomic E-state index is 9.48. The Morgan fingerprint density at radius 3 is 0.943 bits per heavy atom. The second-order valence-electron chi connectivity index (χ2n) is 22.4. The summed E-state index contributed by atoms with van der Waals surface area (Å²) in [5, 5.41) is 12.6. The lowest BCUT2D eigenvalue weighted by molar-refractivity contribution is 1.59. The predicted molar refractivity (Wildman–Crippen MR) is 380 cm³/mol. The molecule has 0 bridgehead atoms. The molecule has 0 nitrogen and oxygen atoms in total. The Hall–Kier alpha value is -11.4. The molecule has 0 saturated carbocycles. The van der Waals surface area contributed by atoms with Crippen molar-refractivity contribution in [3.63, 3.8) is 0 Å². The molecule has 0 aliphatic carbocycles. The van der Waals surface area contributed by atoms with E-state index >= 15 is 0 Å². The van der Waals surface area contributed by atoms with E-state index in [-0.39, 0.29) is 117 Å². The Labute approximate surface area is 540 Å². The van der Waals surface area contributed by atoms with Crippen LogP contribution in [0.1, 0.15) is 31.5 Å². The van der Waals surface area contributed by atoms with Crippen molar-refractivity contribution in [2.24, 2.45) is 0 Å². The lowest BCUT2D eigenvalue weighted by Crippen LogP contribution is -1.91. The molecule has 0 heterocycles. The number of hydrogen-bond donors (Lipinski definition) is 0. The van der Waals surface area contributed by atoms with Crippen LogP contribution in [-0.2, 0) is 0 Å². The fourth-order valence-corrected chi connectivity index (χ4v) is 13.7. The SMILES string of the molecule is [2H]c1c([2H])c([2H])c(-c2cc(-c3ccc4ccc5cccc6ccc3c4c56)cc(-c3ccc4ccc5cccc6ccc3c4c56)c2)c([2H])c1[2H].[2H]c1c([2H])c2c([2H])c([2H])c3c([2H])c([2H])c(-c4cc(-c5ccccc5)cc(-c5c([2H])c([2H])c6c([2H])c([2H])c7c([2H])c([2H])c([2H])c8c([2H])c([2H])c5c6c78)c4)c4c([2H])c([2H])c(c1[2H])c2c34. The normalized spacial score (nSPS) is 15.8. The molecule has 0 radical (unpaired) electrons. The average molecular weight is 1130 g/mol. The summed E-state index contributed by atoms with van der Waals surface area (Å²) >= 11 is 0. The van der Waals surface area contributed by atoms with Crippen LogP contribution in [0.2, 0.25) is 0 Å². The molecule has 0 spiro atoms. The Bertz CT molecular complexity index is 7110. The first-order chi connectivity index (χ1) is 53.2. The Balaban J connectivity index is 0.000000154. The zero-order valence-electron chi connectivity index (χ0n) is 69.2. The van der Waals surface area contributed by atoms with Crippen molar-refractivity contribution < 1.29 is 31.5 Å². The van der Waals surface area contributed by atoms with Gasteiger partial charge in [0.2, 0.25) is 0 Å². The number of hydrogen-bond acceptors (Lipinski definition) is 0. The van der Waals surface area contributed by atoms with Gasteiger partial charge in [0.05, 0.1) is 31.5 Å². The van der Waals surface area contributed by atoms with Crippen molar-refractivity contribution in [3.8, 4) is 66.8 Å². The van der Waals surface area contributed by atoms with Crippen LogP contribution in [0.25, 0.3) is 196 Å². The topological polar surface area (TPSA) is 0 Å². The first-order valence-corrected chi connectivity index (χ1v) is 28.8. The van der Waals surface area contributed by atoms with Gasteiger partial charge in [0.15, 0.2) is 0 Å². The fourth-order valence-electron chi connectivity index (χ4n) is 13.7. The highest BCUT2D eigenvalue weighted by molar-refractivity contribution is 6.29. The molecule has 0 amide bonds. The minimum Gasteiger partial charge on any atom is -0.0622 e. The smallest absolute Gasteiger partial charge is 0.0622 e. The Morgan fingerprint density at radius 1 is 0.159 bits per heavy atom. The summed E-state index contributed by atoms with van der Waals surface area (Å²) in [6, 6.07) is 47.6. The van der Waals surface area contributed by atoms with Gasteiger partial charge in [-0.3, -0.25) is 0 Å². The van der Waals surface area contributed by atoms with Crippen molar-refractivity contribution in [2.75, 3.05) is 0 Å². The summed E-state index contributed by atoms with van der Waals surface area (Å²) in [5.74, 6) is 0. The molecule has 20 rings (SSSR count). The van der Waals surface area contributed by atoms with Gasteiger partial charge in [0, 0.05) is 0 Å². The second kappa shape index (κ2) is 19.0. The highest BCUT2D eigenvalue weighted by Gasteiger charge is 2.20. The van der Waals surface area contributed by atoms with Crippen molar-refractivity contribution in [2.45, 2.75) is 0 Å². The molecule has 0 heteroatoms. The molecular formula is C88H52. The van der Waals surface area contributed by atoms with Crippen LogP contribution in [0.15, 0.2) is 315 Å². The molecule has 88 heavy (non-hydrogen) atoms. The van der Waals surface area contributed by atoms with Crippen LogP contribution < -0.4 is 0 Å². The van der Waals surface area contributed by atoms with Gasteiger partial charge in [-0.2, -0.15) is 0 Å². The van der Waals surface area contributed by atoms with Gasteiger partial charge in [-0.15, -0.1) is 0 Å². The van der Waals surface area contributed by atoms with Crippen LogP contribution in [0.3, 0.4) is 0 Å². The summed E-state index contributed by atoms with van der Waals surface area (Å²) in [7, 11) is 0. The molecule has 0 fully saturated rings. The maximum absolute atomic E-state index is 9.48. The van der Waals surface area contributed by atoms with E-state index in [2.05, 4.69) is 115 Å². The molecule has 0 unspecified atom stereocenters. The highest BCUT2D eigenvalue weighted by Crippen LogP contribution is 2.47. The molecule has 0 atom stereocenters. The third-order valence-electron chi connectivity index (χ3n) is 17.6. The molecule has 0 N–H and O–H groups in total. The highest BCUT2D eigenvalue weighted by atomic mass is 14.2. The van der Waals surface area contributed by atoms with Gasteiger partial charge < -0.3 is 0 Å². The van der Waals surface area contributed by atoms with Crippen LogP contribution in [-0.4, -0.2) is 0 Å². The first kappa shape index (κ1) is 31.6. The van der Waals surface area contributed by atoms with E-state index < -0.39 is 115 Å². The Kier molecular flexibility index (Phi) is 6.84. The van der Waals surface area contributed by atoms with Gasteiger partial charge in [-0.05, 0) is 232 Å². The van der Waals surface area contributed by atoms with Crippen molar-refractivity contribution in [3.05, 3.63) is 315 Å². The fraction of sp³-hybridized carbons (Fsp3) is 0. The minimum atomic E-state index is -0.600. The van der Waals surface area contributed by atoms with E-state index in [0.29, 0.717) is 16.7 Å². The zero-order valence-corrected chi connectivity index (χ0v) is 46.2. The molecule has 0 aliphatic heterocycles. The summed E-state index contributed by atoms with van der Waals surface area (Å²) in [5.41, 5.74) is 5.87. The van der Waals surface area contributed by atoms with Gasteiger partial charge in [0.1, 0.15) is 0 Å². The van der Waals surface area contributed by atoms with E-state index in [4.69, 9.17) is 23.3 Å². The number of benzene rings is 20. The van der Waals surface area contributed by atoms with E-state index in [1.54, 1.807) is 42.5 Å². The van der Waals surface area contributed by atoms with Crippen LogP contribution in [0, 0.1) is 0 Å².